The molecule has 0 bridgehead atoms. The van der Waals surface area contributed by atoms with E-state index in [1.807, 2.05) is 35.9 Å². The Balaban J connectivity index is 2.20. The molecule has 19 heavy (non-hydrogen) atoms. The Kier molecular flexibility index (Phi) is 2.52. The van der Waals surface area contributed by atoms with Crippen LogP contribution in [-0.4, -0.2) is 9.38 Å². The first-order valence-electron chi connectivity index (χ1n) is 6.06. The van der Waals surface area contributed by atoms with Crippen molar-refractivity contribution >= 4 is 11.3 Å². The molecule has 4 heteroatoms. The van der Waals surface area contributed by atoms with Crippen LogP contribution in [0.1, 0.15) is 11.1 Å². The Morgan fingerprint density at radius 2 is 1.89 bits per heavy atom. The summed E-state index contributed by atoms with van der Waals surface area (Å²) in [6.07, 6.45) is 3.67. The van der Waals surface area contributed by atoms with Crippen molar-refractivity contribution in [3.8, 4) is 11.3 Å². The first-order chi connectivity index (χ1) is 9.04. The number of imidazole rings is 1. The Hall–Kier alpha value is -2.36. The molecule has 0 atom stereocenters. The van der Waals surface area contributed by atoms with Gasteiger partial charge in [-0.05, 0) is 37.1 Å². The van der Waals surface area contributed by atoms with E-state index in [1.54, 1.807) is 13.0 Å². The van der Waals surface area contributed by atoms with Gasteiger partial charge in [-0.15, -0.1) is 0 Å². The second kappa shape index (κ2) is 4.09. The highest BCUT2D eigenvalue weighted by Gasteiger charge is 2.08. The summed E-state index contributed by atoms with van der Waals surface area (Å²) in [6, 6.07) is 7.02. The van der Waals surface area contributed by atoms with Crippen LogP contribution in [-0.2, 0) is 0 Å². The molecule has 3 rings (SSSR count). The molecule has 0 aliphatic heterocycles. The number of rotatable bonds is 1. The van der Waals surface area contributed by atoms with Gasteiger partial charge >= 0.3 is 0 Å². The van der Waals surface area contributed by atoms with Crippen molar-refractivity contribution in [2.45, 2.75) is 13.8 Å². The predicted molar refractivity (Wildman–Crippen MR) is 74.5 cm³/mol. The zero-order chi connectivity index (χ0) is 13.6. The van der Waals surface area contributed by atoms with E-state index in [1.165, 1.54) is 6.07 Å². The maximum atomic E-state index is 13.6. The molecule has 0 aliphatic rings. The number of hydrogen-bond donors (Lipinski definition) is 1. The summed E-state index contributed by atoms with van der Waals surface area (Å²) < 4.78 is 15.5. The Bertz CT molecular complexity index is 774. The largest absolute Gasteiger partial charge is 0.398 e. The number of nitrogens with two attached hydrogens (primary N) is 1. The van der Waals surface area contributed by atoms with Crippen LogP contribution in [0.5, 0.6) is 0 Å². The molecule has 0 fully saturated rings. The number of anilines is 1. The SMILES string of the molecule is Cc1ccc(-c2cn3cc(N)cc(C)c3n2)cc1F. The van der Waals surface area contributed by atoms with Crippen molar-refractivity contribution in [2.75, 3.05) is 5.73 Å². The number of nitrogen functional groups attached to an aromatic ring is 1. The topological polar surface area (TPSA) is 43.3 Å². The van der Waals surface area contributed by atoms with Crippen LogP contribution in [0.2, 0.25) is 0 Å². The molecule has 0 spiro atoms. The lowest BCUT2D eigenvalue weighted by atomic mass is 10.1. The van der Waals surface area contributed by atoms with Crippen LogP contribution in [0.3, 0.4) is 0 Å². The highest BCUT2D eigenvalue weighted by Crippen LogP contribution is 2.23. The molecule has 0 saturated carbocycles. The highest BCUT2D eigenvalue weighted by atomic mass is 19.1. The molecule has 0 unspecified atom stereocenters. The minimum Gasteiger partial charge on any atom is -0.398 e. The van der Waals surface area contributed by atoms with E-state index in [0.717, 1.165) is 22.5 Å². The quantitative estimate of drug-likeness (QED) is 0.724. The van der Waals surface area contributed by atoms with Gasteiger partial charge in [0.25, 0.3) is 0 Å². The second-order valence-electron chi connectivity index (χ2n) is 4.78. The predicted octanol–water partition coefficient (Wildman–Crippen LogP) is 3.34. The van der Waals surface area contributed by atoms with Crippen molar-refractivity contribution in [2.24, 2.45) is 0 Å². The van der Waals surface area contributed by atoms with Gasteiger partial charge in [-0.2, -0.15) is 0 Å². The van der Waals surface area contributed by atoms with E-state index in [-0.39, 0.29) is 5.82 Å². The number of fused-ring (bicyclic) bond motifs is 1. The fourth-order valence-corrected chi connectivity index (χ4v) is 2.19. The van der Waals surface area contributed by atoms with E-state index in [9.17, 15) is 4.39 Å². The van der Waals surface area contributed by atoms with Crippen molar-refractivity contribution in [1.82, 2.24) is 9.38 Å². The highest BCUT2D eigenvalue weighted by molar-refractivity contribution is 5.66. The molecule has 3 aromatic rings. The van der Waals surface area contributed by atoms with Crippen LogP contribution in [0, 0.1) is 19.7 Å². The number of nitrogens with zero attached hydrogens (tertiary/aromatic N) is 2. The van der Waals surface area contributed by atoms with Gasteiger partial charge in [-0.1, -0.05) is 12.1 Å². The van der Waals surface area contributed by atoms with Gasteiger partial charge in [0.1, 0.15) is 11.5 Å². The maximum Gasteiger partial charge on any atom is 0.140 e. The van der Waals surface area contributed by atoms with Gasteiger partial charge in [-0.25, -0.2) is 9.37 Å². The molecule has 0 amide bonds. The number of benzene rings is 1. The van der Waals surface area contributed by atoms with Gasteiger partial charge in [-0.3, -0.25) is 0 Å². The summed E-state index contributed by atoms with van der Waals surface area (Å²) in [5, 5.41) is 0. The van der Waals surface area contributed by atoms with E-state index < -0.39 is 0 Å². The van der Waals surface area contributed by atoms with E-state index in [0.29, 0.717) is 11.3 Å². The average molecular weight is 255 g/mol. The third-order valence-electron chi connectivity index (χ3n) is 3.22. The van der Waals surface area contributed by atoms with Gasteiger partial charge in [0.05, 0.1) is 5.69 Å². The van der Waals surface area contributed by atoms with Crippen molar-refractivity contribution in [1.29, 1.82) is 0 Å². The second-order valence-corrected chi connectivity index (χ2v) is 4.78. The first-order valence-corrected chi connectivity index (χ1v) is 6.06. The van der Waals surface area contributed by atoms with Crippen LogP contribution in [0.25, 0.3) is 16.9 Å². The minimum absolute atomic E-state index is 0.217. The van der Waals surface area contributed by atoms with E-state index >= 15 is 0 Å². The number of aryl methyl sites for hydroxylation is 2. The molecule has 0 radical (unpaired) electrons. The summed E-state index contributed by atoms with van der Waals surface area (Å²) in [6.45, 7) is 3.70. The zero-order valence-corrected chi connectivity index (χ0v) is 10.8. The molecule has 0 aliphatic carbocycles. The van der Waals surface area contributed by atoms with Crippen molar-refractivity contribution in [3.63, 3.8) is 0 Å². The van der Waals surface area contributed by atoms with Gasteiger partial charge in [0.2, 0.25) is 0 Å². The van der Waals surface area contributed by atoms with Crippen LogP contribution in [0.4, 0.5) is 10.1 Å². The Labute approximate surface area is 110 Å². The lowest BCUT2D eigenvalue weighted by molar-refractivity contribution is 0.619. The minimum atomic E-state index is -0.217. The fraction of sp³-hybridized carbons (Fsp3) is 0.133. The van der Waals surface area contributed by atoms with E-state index in [4.69, 9.17) is 5.73 Å². The summed E-state index contributed by atoms with van der Waals surface area (Å²) in [7, 11) is 0. The standard InChI is InChI=1S/C15H14FN3/c1-9-3-4-11(6-13(9)16)14-8-19-7-12(17)5-10(2)15(19)18-14/h3-8H,17H2,1-2H3. The Morgan fingerprint density at radius 1 is 1.11 bits per heavy atom. The van der Waals surface area contributed by atoms with Crippen LogP contribution in [0.15, 0.2) is 36.7 Å². The molecule has 96 valence electrons. The van der Waals surface area contributed by atoms with Crippen molar-refractivity contribution in [3.05, 3.63) is 53.6 Å². The van der Waals surface area contributed by atoms with Crippen molar-refractivity contribution < 1.29 is 4.39 Å². The third-order valence-corrected chi connectivity index (χ3v) is 3.22. The fourth-order valence-electron chi connectivity index (χ4n) is 2.19. The lowest BCUT2D eigenvalue weighted by Crippen LogP contribution is -1.92. The third kappa shape index (κ3) is 1.95. The van der Waals surface area contributed by atoms with Crippen LogP contribution >= 0.6 is 0 Å². The monoisotopic (exact) mass is 255 g/mol. The molecular formula is C15H14FN3. The summed E-state index contributed by atoms with van der Waals surface area (Å²) in [5.74, 6) is -0.217. The lowest BCUT2D eigenvalue weighted by Gasteiger charge is -1.99. The number of hydrogen-bond acceptors (Lipinski definition) is 2. The first kappa shape index (κ1) is 11.7. The summed E-state index contributed by atoms with van der Waals surface area (Å²) >= 11 is 0. The molecule has 0 saturated heterocycles. The smallest absolute Gasteiger partial charge is 0.140 e. The number of pyridine rings is 1. The van der Waals surface area contributed by atoms with Gasteiger partial charge in [0, 0.05) is 23.6 Å². The molecule has 2 heterocycles. The normalized spacial score (nSPS) is 11.1. The van der Waals surface area contributed by atoms with Crippen LogP contribution < -0.4 is 5.73 Å². The molecule has 2 aromatic heterocycles. The van der Waals surface area contributed by atoms with Gasteiger partial charge in [0.15, 0.2) is 0 Å². The maximum absolute atomic E-state index is 13.6. The average Bonchev–Trinajstić information content (AvgIpc) is 2.76. The molecule has 1 aromatic carbocycles. The zero-order valence-electron chi connectivity index (χ0n) is 10.8. The van der Waals surface area contributed by atoms with E-state index in [2.05, 4.69) is 4.98 Å². The van der Waals surface area contributed by atoms with Gasteiger partial charge < -0.3 is 10.1 Å². The number of halogens is 1. The Morgan fingerprint density at radius 3 is 2.63 bits per heavy atom. The summed E-state index contributed by atoms with van der Waals surface area (Å²) in [4.78, 5) is 4.54. The number of aromatic nitrogens is 2. The molecule has 2 N–H and O–H groups in total. The molecular weight excluding hydrogens is 241 g/mol. The summed E-state index contributed by atoms with van der Waals surface area (Å²) in [5.41, 5.74) is 10.5. The molecule has 3 nitrogen and oxygen atoms in total.